The lowest BCUT2D eigenvalue weighted by atomic mass is 9.97. The van der Waals surface area contributed by atoms with Crippen molar-refractivity contribution in [3.8, 4) is 23.8 Å². The number of ether oxygens (including phenoxy) is 2. The normalized spacial score (nSPS) is 10.7. The van der Waals surface area contributed by atoms with E-state index in [1.54, 1.807) is 30.3 Å². The van der Waals surface area contributed by atoms with Crippen LogP contribution in [-0.2, 0) is 4.79 Å². The Morgan fingerprint density at radius 2 is 1.77 bits per heavy atom. The summed E-state index contributed by atoms with van der Waals surface area (Å²) in [5.74, 6) is 3.42. The van der Waals surface area contributed by atoms with Crippen LogP contribution in [0.15, 0.2) is 55.1 Å². The molecule has 0 saturated heterocycles. The smallest absolute Gasteiger partial charge is 0.156 e. The molecule has 0 heterocycles. The number of carbonyl (C=O) groups excluding carboxylic acids is 1. The third kappa shape index (κ3) is 4.92. The van der Waals surface area contributed by atoms with Gasteiger partial charge in [-0.15, -0.1) is 6.42 Å². The summed E-state index contributed by atoms with van der Waals surface area (Å²) in [6.07, 6.45) is 8.93. The Morgan fingerprint density at radius 1 is 1.12 bits per heavy atom. The summed E-state index contributed by atoms with van der Waals surface area (Å²) in [4.78, 5) is 11.1. The van der Waals surface area contributed by atoms with Gasteiger partial charge in [0, 0.05) is 0 Å². The highest BCUT2D eigenvalue weighted by Crippen LogP contribution is 2.37. The molecule has 3 nitrogen and oxygen atoms in total. The lowest BCUT2D eigenvalue weighted by Gasteiger charge is -2.13. The van der Waals surface area contributed by atoms with Gasteiger partial charge in [0.05, 0.1) is 10.0 Å². The number of carbonyl (C=O) groups is 1. The van der Waals surface area contributed by atoms with E-state index in [0.717, 1.165) is 5.56 Å². The van der Waals surface area contributed by atoms with Gasteiger partial charge in [-0.05, 0) is 47.0 Å². The molecule has 2 aromatic carbocycles. The zero-order valence-electron chi connectivity index (χ0n) is 13.9. The molecule has 0 radical (unpaired) electrons. The maximum atomic E-state index is 11.1. The first kappa shape index (κ1) is 19.7. The highest BCUT2D eigenvalue weighted by atomic mass is 35.5. The van der Waals surface area contributed by atoms with E-state index in [2.05, 4.69) is 12.5 Å². The second kappa shape index (κ2) is 9.72. The maximum absolute atomic E-state index is 11.1. The van der Waals surface area contributed by atoms with Crippen molar-refractivity contribution >= 4 is 35.1 Å². The van der Waals surface area contributed by atoms with Gasteiger partial charge in [0.1, 0.15) is 25.2 Å². The average Bonchev–Trinajstić information content (AvgIpc) is 2.64. The zero-order chi connectivity index (χ0) is 18.9. The van der Waals surface area contributed by atoms with Gasteiger partial charge in [-0.3, -0.25) is 4.79 Å². The summed E-state index contributed by atoms with van der Waals surface area (Å²) < 4.78 is 10.8. The Bertz CT molecular complexity index is 839. The van der Waals surface area contributed by atoms with Crippen LogP contribution in [0.2, 0.25) is 10.0 Å². The second-order valence-electron chi connectivity index (χ2n) is 5.10. The van der Waals surface area contributed by atoms with Crippen LogP contribution in [0, 0.1) is 12.3 Å². The van der Waals surface area contributed by atoms with Crippen molar-refractivity contribution in [1.82, 2.24) is 0 Å². The Hall–Kier alpha value is -2.67. The highest BCUT2D eigenvalue weighted by Gasteiger charge is 2.13. The molecule has 0 aliphatic rings. The summed E-state index contributed by atoms with van der Waals surface area (Å²) in [5, 5.41) is 0.695. The van der Waals surface area contributed by atoms with Crippen molar-refractivity contribution < 1.29 is 14.3 Å². The van der Waals surface area contributed by atoms with Crippen LogP contribution in [-0.4, -0.2) is 19.5 Å². The van der Waals surface area contributed by atoms with Crippen LogP contribution in [0.3, 0.4) is 0 Å². The molecule has 0 N–H and O–H groups in total. The van der Waals surface area contributed by atoms with Gasteiger partial charge >= 0.3 is 0 Å². The van der Waals surface area contributed by atoms with E-state index in [9.17, 15) is 4.79 Å². The Balaban J connectivity index is 2.39. The van der Waals surface area contributed by atoms with E-state index >= 15 is 0 Å². The van der Waals surface area contributed by atoms with Crippen LogP contribution in [0.25, 0.3) is 5.57 Å². The third-order valence-corrected chi connectivity index (χ3v) is 3.94. The summed E-state index contributed by atoms with van der Waals surface area (Å²) in [7, 11) is 0. The first-order valence-corrected chi connectivity index (χ1v) is 8.41. The Labute approximate surface area is 162 Å². The summed E-state index contributed by atoms with van der Waals surface area (Å²) >= 11 is 12.6. The molecule has 132 valence electrons. The lowest BCUT2D eigenvalue weighted by molar-refractivity contribution is -0.104. The molecule has 0 bridgehead atoms. The lowest BCUT2D eigenvalue weighted by Crippen LogP contribution is -1.97. The van der Waals surface area contributed by atoms with Crippen LogP contribution < -0.4 is 9.47 Å². The van der Waals surface area contributed by atoms with Gasteiger partial charge in [0.15, 0.2) is 5.75 Å². The van der Waals surface area contributed by atoms with Gasteiger partial charge in [0.2, 0.25) is 0 Å². The van der Waals surface area contributed by atoms with Gasteiger partial charge in [-0.2, -0.15) is 0 Å². The molecule has 2 aromatic rings. The number of allylic oxidation sites excluding steroid dienone is 1. The first-order valence-electron chi connectivity index (χ1n) is 7.66. The van der Waals surface area contributed by atoms with E-state index in [-0.39, 0.29) is 13.2 Å². The van der Waals surface area contributed by atoms with Crippen molar-refractivity contribution in [2.24, 2.45) is 0 Å². The quantitative estimate of drug-likeness (QED) is 0.270. The molecule has 5 heteroatoms. The Kier molecular flexibility index (Phi) is 7.35. The number of terminal acetylenes is 1. The maximum Gasteiger partial charge on any atom is 0.156 e. The fourth-order valence-corrected chi connectivity index (χ4v) is 2.87. The van der Waals surface area contributed by atoms with Crippen molar-refractivity contribution in [2.75, 3.05) is 13.2 Å². The van der Waals surface area contributed by atoms with Crippen molar-refractivity contribution in [3.05, 3.63) is 76.3 Å². The minimum absolute atomic E-state index is 0.188. The number of hydrogen-bond donors (Lipinski definition) is 0. The Morgan fingerprint density at radius 3 is 2.31 bits per heavy atom. The number of hydrogen-bond acceptors (Lipinski definition) is 3. The van der Waals surface area contributed by atoms with Gasteiger partial charge in [-0.25, -0.2) is 0 Å². The standard InChI is InChI=1S/C21H16Cl2O3/c1-3-11-25-17-7-5-15(6-8-17)18(9-10-24)16-13-19(22)21(20(23)14-16)26-12-4-2/h1,4-10,13-14H,2,11-12H2/b18-9+. The SMILES string of the molecule is C#CCOc1ccc(/C(=C\C=O)c2cc(Cl)c(OCC=C)c(Cl)c2)cc1. The molecular formula is C21H16Cl2O3. The number of rotatable bonds is 8. The second-order valence-corrected chi connectivity index (χ2v) is 5.92. The molecule has 2 rings (SSSR count). The molecule has 0 amide bonds. The predicted molar refractivity (Wildman–Crippen MR) is 106 cm³/mol. The molecule has 0 aliphatic heterocycles. The fourth-order valence-electron chi connectivity index (χ4n) is 2.28. The summed E-state index contributed by atoms with van der Waals surface area (Å²) in [5.41, 5.74) is 2.16. The van der Waals surface area contributed by atoms with Gasteiger partial charge < -0.3 is 9.47 Å². The molecule has 0 aliphatic carbocycles. The van der Waals surface area contributed by atoms with E-state index in [0.29, 0.717) is 39.0 Å². The molecule has 0 atom stereocenters. The molecular weight excluding hydrogens is 371 g/mol. The van der Waals surface area contributed by atoms with E-state index in [1.165, 1.54) is 6.08 Å². The predicted octanol–water partition coefficient (Wildman–Crippen LogP) is 5.20. The zero-order valence-corrected chi connectivity index (χ0v) is 15.4. The van der Waals surface area contributed by atoms with Crippen LogP contribution >= 0.6 is 23.2 Å². The largest absolute Gasteiger partial charge is 0.486 e. The summed E-state index contributed by atoms with van der Waals surface area (Å²) in [6.45, 7) is 4.07. The van der Waals surface area contributed by atoms with Crippen molar-refractivity contribution in [3.63, 3.8) is 0 Å². The third-order valence-electron chi connectivity index (χ3n) is 3.38. The van der Waals surface area contributed by atoms with E-state index in [1.807, 2.05) is 12.1 Å². The summed E-state index contributed by atoms with van der Waals surface area (Å²) in [6, 6.07) is 10.6. The van der Waals surface area contributed by atoms with Crippen LogP contribution in [0.1, 0.15) is 11.1 Å². The molecule has 26 heavy (non-hydrogen) atoms. The molecule has 0 fully saturated rings. The average molecular weight is 387 g/mol. The highest BCUT2D eigenvalue weighted by molar-refractivity contribution is 6.37. The molecule has 0 saturated carbocycles. The van der Waals surface area contributed by atoms with Crippen molar-refractivity contribution in [1.29, 1.82) is 0 Å². The number of aldehydes is 1. The number of benzene rings is 2. The molecule has 0 spiro atoms. The van der Waals surface area contributed by atoms with E-state index < -0.39 is 0 Å². The monoisotopic (exact) mass is 386 g/mol. The topological polar surface area (TPSA) is 35.5 Å². The molecule has 0 aromatic heterocycles. The first-order chi connectivity index (χ1) is 12.6. The molecule has 0 unspecified atom stereocenters. The van der Waals surface area contributed by atoms with Gasteiger partial charge in [-0.1, -0.05) is 53.9 Å². The number of halogens is 2. The van der Waals surface area contributed by atoms with Crippen molar-refractivity contribution in [2.45, 2.75) is 0 Å². The van der Waals surface area contributed by atoms with Crippen LogP contribution in [0.4, 0.5) is 0 Å². The minimum atomic E-state index is 0.188. The van der Waals surface area contributed by atoms with Crippen LogP contribution in [0.5, 0.6) is 11.5 Å². The fraction of sp³-hybridized carbons (Fsp3) is 0.0952. The minimum Gasteiger partial charge on any atom is -0.486 e. The van der Waals surface area contributed by atoms with Gasteiger partial charge in [0.25, 0.3) is 0 Å². The van der Waals surface area contributed by atoms with E-state index in [4.69, 9.17) is 39.1 Å².